The molecular formula is C25H44N2P4+2. The molecule has 0 aromatic carbocycles. The molecule has 4 aliphatic rings. The summed E-state index contributed by atoms with van der Waals surface area (Å²) >= 11 is 0. The van der Waals surface area contributed by atoms with Crippen LogP contribution >= 0.6 is 31.0 Å². The molecule has 0 N–H and O–H groups in total. The Hall–Kier alpha value is 0.600. The lowest BCUT2D eigenvalue weighted by Crippen LogP contribution is -2.46. The molecule has 4 rings (SSSR count). The minimum absolute atomic E-state index is 0.184. The van der Waals surface area contributed by atoms with Gasteiger partial charge in [-0.25, -0.2) is 0 Å². The van der Waals surface area contributed by atoms with Crippen molar-refractivity contribution in [1.82, 2.24) is 8.88 Å². The van der Waals surface area contributed by atoms with E-state index in [0.717, 1.165) is 0 Å². The molecule has 2 saturated heterocycles. The van der Waals surface area contributed by atoms with Gasteiger partial charge in [-0.15, -0.1) is 8.88 Å². The molecule has 2 aliphatic heterocycles. The fourth-order valence-corrected chi connectivity index (χ4v) is 32.2. The standard InChI is InChI=1S/C25H44N2P4/c1-23(2,3)26-28(9)19-15-13-17-21(19)30(26,11)25(7,8)31(12)22-18-14-16-20(22)29(10)27(31)24(4,5)6/h13-20H,1-12H3/q+2. The van der Waals surface area contributed by atoms with E-state index in [1.54, 1.807) is 10.6 Å². The summed E-state index contributed by atoms with van der Waals surface area (Å²) in [5.41, 5.74) is 1.67. The largest absolute Gasteiger partial charge is 0.212 e. The molecule has 0 amide bonds. The van der Waals surface area contributed by atoms with Gasteiger partial charge in [-0.1, -0.05) is 24.3 Å². The Morgan fingerprint density at radius 1 is 0.677 bits per heavy atom. The fraction of sp³-hybridized carbons (Fsp3) is 0.680. The highest BCUT2D eigenvalue weighted by molar-refractivity contribution is 8.02. The molecule has 6 atom stereocenters. The van der Waals surface area contributed by atoms with E-state index in [0.29, 0.717) is 11.3 Å². The van der Waals surface area contributed by atoms with E-state index in [1.807, 2.05) is 0 Å². The maximum Gasteiger partial charge on any atom is 0.212 e. The van der Waals surface area contributed by atoms with Crippen molar-refractivity contribution in [2.45, 2.75) is 82.7 Å². The minimum Gasteiger partial charge on any atom is -0.146 e. The van der Waals surface area contributed by atoms with Gasteiger partial charge in [0.15, 0.2) is 14.8 Å². The molecule has 0 bridgehead atoms. The summed E-state index contributed by atoms with van der Waals surface area (Å²) in [5.74, 6) is 0. The Balaban J connectivity index is 1.97. The van der Waals surface area contributed by atoms with Crippen molar-refractivity contribution in [2.75, 3.05) is 26.7 Å². The van der Waals surface area contributed by atoms with Crippen LogP contribution < -0.4 is 0 Å². The fourth-order valence-electron chi connectivity index (χ4n) is 6.99. The monoisotopic (exact) mass is 496 g/mol. The third-order valence-electron chi connectivity index (χ3n) is 8.22. The van der Waals surface area contributed by atoms with Crippen LogP contribution in [0.4, 0.5) is 0 Å². The molecular weight excluding hydrogens is 452 g/mol. The molecule has 2 heterocycles. The van der Waals surface area contributed by atoms with Gasteiger partial charge in [-0.05, 0) is 67.0 Å². The predicted octanol–water partition coefficient (Wildman–Crippen LogP) is 8.77. The van der Waals surface area contributed by atoms with Gasteiger partial charge in [0, 0.05) is 30.0 Å². The molecule has 31 heavy (non-hydrogen) atoms. The lowest BCUT2D eigenvalue weighted by Gasteiger charge is -2.52. The maximum atomic E-state index is 3.07. The zero-order valence-electron chi connectivity index (χ0n) is 21.8. The first kappa shape index (κ1) is 24.7. The van der Waals surface area contributed by atoms with Crippen LogP contribution in [0.1, 0.15) is 55.4 Å². The first-order chi connectivity index (χ1) is 14.0. The second-order valence-electron chi connectivity index (χ2n) is 12.3. The smallest absolute Gasteiger partial charge is 0.146 e. The van der Waals surface area contributed by atoms with Crippen LogP contribution in [0, 0.1) is 0 Å². The van der Waals surface area contributed by atoms with Gasteiger partial charge < -0.3 is 0 Å². The number of hydrogen-bond donors (Lipinski definition) is 0. The van der Waals surface area contributed by atoms with Crippen LogP contribution in [0.5, 0.6) is 0 Å². The molecule has 0 aromatic rings. The molecule has 2 fully saturated rings. The zero-order chi connectivity index (χ0) is 23.4. The molecule has 6 unspecified atom stereocenters. The summed E-state index contributed by atoms with van der Waals surface area (Å²) in [7, 11) is -3.64. The molecule has 0 aromatic heterocycles. The van der Waals surface area contributed by atoms with Gasteiger partial charge >= 0.3 is 0 Å². The van der Waals surface area contributed by atoms with Gasteiger partial charge in [-0.3, -0.25) is 0 Å². The Morgan fingerprint density at radius 3 is 1.29 bits per heavy atom. The quantitative estimate of drug-likeness (QED) is 0.353. The van der Waals surface area contributed by atoms with E-state index in [-0.39, 0.29) is 32.1 Å². The number of nitrogens with zero attached hydrogens (tertiary/aromatic N) is 2. The van der Waals surface area contributed by atoms with Crippen molar-refractivity contribution < 1.29 is 0 Å². The highest BCUT2D eigenvalue weighted by Gasteiger charge is 2.81. The Labute approximate surface area is 196 Å². The topological polar surface area (TPSA) is 6.48 Å². The highest BCUT2D eigenvalue weighted by atomic mass is 31.3. The number of fused-ring (bicyclic) bond motifs is 2. The van der Waals surface area contributed by atoms with Crippen molar-refractivity contribution in [3.8, 4) is 0 Å². The van der Waals surface area contributed by atoms with Crippen LogP contribution in [0.3, 0.4) is 0 Å². The molecule has 0 radical (unpaired) electrons. The van der Waals surface area contributed by atoms with E-state index in [2.05, 4.69) is 127 Å². The molecule has 0 saturated carbocycles. The van der Waals surface area contributed by atoms with E-state index in [4.69, 9.17) is 0 Å². The summed E-state index contributed by atoms with van der Waals surface area (Å²) in [6.07, 6.45) is 14.8. The molecule has 0 spiro atoms. The minimum atomic E-state index is -1.60. The number of allylic oxidation sites excluding steroid dienone is 8. The second-order valence-corrected chi connectivity index (χ2v) is 25.4. The highest BCUT2D eigenvalue weighted by Crippen LogP contribution is 3.02. The van der Waals surface area contributed by atoms with Crippen LogP contribution in [0.25, 0.3) is 0 Å². The molecule has 2 aliphatic carbocycles. The average Bonchev–Trinajstić information content (AvgIpc) is 3.33. The third kappa shape index (κ3) is 3.05. The van der Waals surface area contributed by atoms with Crippen LogP contribution in [0.2, 0.25) is 0 Å². The molecule has 172 valence electrons. The van der Waals surface area contributed by atoms with Crippen molar-refractivity contribution in [1.29, 1.82) is 0 Å². The number of rotatable bonds is 2. The summed E-state index contributed by atoms with van der Waals surface area (Å²) < 4.78 is 6.13. The number of hydrogen-bond acceptors (Lipinski definition) is 2. The van der Waals surface area contributed by atoms with E-state index in [1.165, 1.54) is 0 Å². The van der Waals surface area contributed by atoms with Crippen molar-refractivity contribution in [2.24, 2.45) is 0 Å². The van der Waals surface area contributed by atoms with E-state index < -0.39 is 14.8 Å². The molecule has 2 nitrogen and oxygen atoms in total. The SMILES string of the molecule is CP1C2C=CC=C2[P+](C)(C(C)(C)[P+]2(C)C3=CC=CC3P(C)N2C(C)(C)C)N1C(C)(C)C. The first-order valence-corrected chi connectivity index (χ1v) is 19.6. The van der Waals surface area contributed by atoms with Gasteiger partial charge in [-0.2, -0.15) is 0 Å². The van der Waals surface area contributed by atoms with Crippen LogP contribution in [-0.4, -0.2) is 62.8 Å². The van der Waals surface area contributed by atoms with Gasteiger partial charge in [0.1, 0.15) is 10.6 Å². The van der Waals surface area contributed by atoms with E-state index in [9.17, 15) is 0 Å². The van der Waals surface area contributed by atoms with Crippen LogP contribution in [-0.2, 0) is 0 Å². The Morgan fingerprint density at radius 2 is 1.00 bits per heavy atom. The first-order valence-electron chi connectivity index (χ1n) is 11.6. The summed E-state index contributed by atoms with van der Waals surface area (Å²) in [4.78, 5) is 0.229. The Bertz CT molecular complexity index is 831. The maximum absolute atomic E-state index is 3.07. The van der Waals surface area contributed by atoms with Gasteiger partial charge in [0.25, 0.3) is 0 Å². The van der Waals surface area contributed by atoms with Gasteiger partial charge in [0.2, 0.25) is 4.90 Å². The van der Waals surface area contributed by atoms with E-state index >= 15 is 0 Å². The lowest BCUT2D eigenvalue weighted by molar-refractivity contribution is 0.381. The zero-order valence-corrected chi connectivity index (χ0v) is 25.4. The summed E-state index contributed by atoms with van der Waals surface area (Å²) in [6, 6.07) is 0. The average molecular weight is 497 g/mol. The summed E-state index contributed by atoms with van der Waals surface area (Å²) in [5, 5.41) is 3.57. The predicted molar refractivity (Wildman–Crippen MR) is 151 cm³/mol. The van der Waals surface area contributed by atoms with Crippen molar-refractivity contribution in [3.63, 3.8) is 0 Å². The lowest BCUT2D eigenvalue weighted by atomic mass is 10.1. The third-order valence-corrected chi connectivity index (χ3v) is 29.6. The van der Waals surface area contributed by atoms with Crippen molar-refractivity contribution >= 4 is 31.0 Å². The second kappa shape index (κ2) is 7.30. The molecule has 6 heteroatoms. The normalized spacial score (nSPS) is 41.0. The van der Waals surface area contributed by atoms with Crippen LogP contribution in [0.15, 0.2) is 47.1 Å². The van der Waals surface area contributed by atoms with Crippen molar-refractivity contribution in [3.05, 3.63) is 47.1 Å². The Kier molecular flexibility index (Phi) is 5.82. The summed E-state index contributed by atoms with van der Waals surface area (Å²) in [6.45, 7) is 30.7. The van der Waals surface area contributed by atoms with Gasteiger partial charge in [0.05, 0.1) is 35.7 Å².